The van der Waals surface area contributed by atoms with Crippen molar-refractivity contribution < 1.29 is 4.74 Å². The Morgan fingerprint density at radius 2 is 2.04 bits per heavy atom. The standard InChI is InChI=1S/C18H28N4O/c1-3-15-6-7-16-17(14-15)22(4-2)18(20-16)19-8-5-9-21-10-12-23-13-11-21/h6-7,14H,3-5,8-13H2,1-2H3,(H,19,20). The maximum absolute atomic E-state index is 5.39. The number of nitrogens with one attached hydrogen (secondary N) is 1. The van der Waals surface area contributed by atoms with Crippen molar-refractivity contribution in [1.29, 1.82) is 0 Å². The second-order valence-corrected chi connectivity index (χ2v) is 6.09. The largest absolute Gasteiger partial charge is 0.379 e. The highest BCUT2D eigenvalue weighted by molar-refractivity contribution is 5.79. The molecule has 1 N–H and O–H groups in total. The van der Waals surface area contributed by atoms with Gasteiger partial charge < -0.3 is 14.6 Å². The summed E-state index contributed by atoms with van der Waals surface area (Å²) in [5.74, 6) is 0.998. The molecule has 0 atom stereocenters. The van der Waals surface area contributed by atoms with Gasteiger partial charge in [-0.05, 0) is 44.0 Å². The maximum atomic E-state index is 5.39. The molecule has 1 aromatic heterocycles. The molecule has 1 aromatic carbocycles. The zero-order chi connectivity index (χ0) is 16.1. The zero-order valence-corrected chi connectivity index (χ0v) is 14.3. The number of benzene rings is 1. The smallest absolute Gasteiger partial charge is 0.203 e. The third-order valence-corrected chi connectivity index (χ3v) is 4.58. The van der Waals surface area contributed by atoms with Crippen molar-refractivity contribution in [1.82, 2.24) is 14.5 Å². The predicted molar refractivity (Wildman–Crippen MR) is 95.2 cm³/mol. The predicted octanol–water partition coefficient (Wildman–Crippen LogP) is 2.75. The van der Waals surface area contributed by atoms with E-state index >= 15 is 0 Å². The Labute approximate surface area is 138 Å². The van der Waals surface area contributed by atoms with Crippen LogP contribution in [0.2, 0.25) is 0 Å². The fourth-order valence-electron chi connectivity index (χ4n) is 3.17. The Hall–Kier alpha value is -1.59. The monoisotopic (exact) mass is 316 g/mol. The fraction of sp³-hybridized carbons (Fsp3) is 0.611. The minimum absolute atomic E-state index is 0.874. The molecule has 2 heterocycles. The summed E-state index contributed by atoms with van der Waals surface area (Å²) in [6.07, 6.45) is 2.19. The van der Waals surface area contributed by atoms with E-state index in [9.17, 15) is 0 Å². The highest BCUT2D eigenvalue weighted by Crippen LogP contribution is 2.21. The number of nitrogens with zero attached hydrogens (tertiary/aromatic N) is 3. The van der Waals surface area contributed by atoms with Crippen molar-refractivity contribution in [2.75, 3.05) is 44.7 Å². The molecule has 126 valence electrons. The molecule has 0 aliphatic carbocycles. The van der Waals surface area contributed by atoms with Gasteiger partial charge in [-0.1, -0.05) is 13.0 Å². The maximum Gasteiger partial charge on any atom is 0.203 e. The fourth-order valence-corrected chi connectivity index (χ4v) is 3.17. The highest BCUT2D eigenvalue weighted by Gasteiger charge is 2.11. The lowest BCUT2D eigenvalue weighted by Crippen LogP contribution is -2.37. The first-order valence-corrected chi connectivity index (χ1v) is 8.85. The van der Waals surface area contributed by atoms with E-state index in [1.54, 1.807) is 0 Å². The van der Waals surface area contributed by atoms with E-state index in [2.05, 4.69) is 46.8 Å². The van der Waals surface area contributed by atoms with E-state index in [4.69, 9.17) is 9.72 Å². The van der Waals surface area contributed by atoms with Crippen LogP contribution >= 0.6 is 0 Å². The molecule has 0 saturated carbocycles. The second-order valence-electron chi connectivity index (χ2n) is 6.09. The molecule has 0 spiro atoms. The molecule has 1 fully saturated rings. The summed E-state index contributed by atoms with van der Waals surface area (Å²) < 4.78 is 7.67. The highest BCUT2D eigenvalue weighted by atomic mass is 16.5. The van der Waals surface area contributed by atoms with Crippen LogP contribution in [-0.4, -0.2) is 53.8 Å². The number of aromatic nitrogens is 2. The molecule has 2 aromatic rings. The van der Waals surface area contributed by atoms with Gasteiger partial charge >= 0.3 is 0 Å². The van der Waals surface area contributed by atoms with Gasteiger partial charge in [0.25, 0.3) is 0 Å². The number of morpholine rings is 1. The minimum atomic E-state index is 0.874. The lowest BCUT2D eigenvalue weighted by Gasteiger charge is -2.26. The van der Waals surface area contributed by atoms with Gasteiger partial charge in [0.05, 0.1) is 24.2 Å². The molecule has 1 saturated heterocycles. The average molecular weight is 316 g/mol. The van der Waals surface area contributed by atoms with Crippen LogP contribution in [0.5, 0.6) is 0 Å². The number of aryl methyl sites for hydroxylation is 2. The molecule has 3 rings (SSSR count). The van der Waals surface area contributed by atoms with Crippen molar-refractivity contribution in [3.8, 4) is 0 Å². The summed E-state index contributed by atoms with van der Waals surface area (Å²) in [4.78, 5) is 7.24. The van der Waals surface area contributed by atoms with Crippen LogP contribution in [0.4, 0.5) is 5.95 Å². The van der Waals surface area contributed by atoms with Crippen LogP contribution in [0, 0.1) is 0 Å². The van der Waals surface area contributed by atoms with Crippen molar-refractivity contribution in [2.45, 2.75) is 33.2 Å². The normalized spacial score (nSPS) is 16.1. The molecule has 5 heteroatoms. The summed E-state index contributed by atoms with van der Waals surface area (Å²) >= 11 is 0. The number of rotatable bonds is 7. The molecule has 0 bridgehead atoms. The van der Waals surface area contributed by atoms with Crippen molar-refractivity contribution in [3.63, 3.8) is 0 Å². The van der Waals surface area contributed by atoms with E-state index in [-0.39, 0.29) is 0 Å². The molecule has 1 aliphatic heterocycles. The first kappa shape index (κ1) is 16.3. The topological polar surface area (TPSA) is 42.3 Å². The Kier molecular flexibility index (Phi) is 5.51. The first-order chi connectivity index (χ1) is 11.3. The number of anilines is 1. The van der Waals surface area contributed by atoms with Crippen LogP contribution < -0.4 is 5.32 Å². The second kappa shape index (κ2) is 7.79. The zero-order valence-electron chi connectivity index (χ0n) is 14.3. The Morgan fingerprint density at radius 1 is 1.22 bits per heavy atom. The third-order valence-electron chi connectivity index (χ3n) is 4.58. The number of hydrogen-bond acceptors (Lipinski definition) is 4. The van der Waals surface area contributed by atoms with E-state index in [0.717, 1.165) is 70.2 Å². The number of fused-ring (bicyclic) bond motifs is 1. The molecule has 0 unspecified atom stereocenters. The van der Waals surface area contributed by atoms with Crippen LogP contribution in [0.15, 0.2) is 18.2 Å². The van der Waals surface area contributed by atoms with Gasteiger partial charge in [-0.15, -0.1) is 0 Å². The summed E-state index contributed by atoms with van der Waals surface area (Å²) in [7, 11) is 0. The Morgan fingerprint density at radius 3 is 2.78 bits per heavy atom. The third kappa shape index (κ3) is 3.85. The van der Waals surface area contributed by atoms with Crippen LogP contribution in [0.3, 0.4) is 0 Å². The van der Waals surface area contributed by atoms with Gasteiger partial charge in [-0.2, -0.15) is 0 Å². The molecule has 1 aliphatic rings. The molecular formula is C18H28N4O. The van der Waals surface area contributed by atoms with Gasteiger partial charge in [-0.3, -0.25) is 4.90 Å². The molecular weight excluding hydrogens is 288 g/mol. The van der Waals surface area contributed by atoms with Gasteiger partial charge in [0.1, 0.15) is 0 Å². The number of imidazole rings is 1. The molecule has 23 heavy (non-hydrogen) atoms. The van der Waals surface area contributed by atoms with Crippen LogP contribution in [-0.2, 0) is 17.7 Å². The van der Waals surface area contributed by atoms with Gasteiger partial charge in [0.2, 0.25) is 5.95 Å². The summed E-state index contributed by atoms with van der Waals surface area (Å²) in [5, 5.41) is 3.52. The quantitative estimate of drug-likeness (QED) is 0.798. The average Bonchev–Trinajstić information content (AvgIpc) is 2.96. The van der Waals surface area contributed by atoms with E-state index in [1.165, 1.54) is 11.1 Å². The lowest BCUT2D eigenvalue weighted by atomic mass is 10.1. The van der Waals surface area contributed by atoms with Crippen LogP contribution in [0.25, 0.3) is 11.0 Å². The Bertz CT molecular complexity index is 631. The minimum Gasteiger partial charge on any atom is -0.379 e. The van der Waals surface area contributed by atoms with Gasteiger partial charge in [0, 0.05) is 26.2 Å². The molecule has 0 amide bonds. The van der Waals surface area contributed by atoms with E-state index in [1.807, 2.05) is 0 Å². The summed E-state index contributed by atoms with van der Waals surface area (Å²) in [5.41, 5.74) is 3.69. The van der Waals surface area contributed by atoms with E-state index < -0.39 is 0 Å². The van der Waals surface area contributed by atoms with Gasteiger partial charge in [-0.25, -0.2) is 4.98 Å². The van der Waals surface area contributed by atoms with Gasteiger partial charge in [0.15, 0.2) is 0 Å². The van der Waals surface area contributed by atoms with Crippen molar-refractivity contribution >= 4 is 17.0 Å². The summed E-state index contributed by atoms with van der Waals surface area (Å²) in [6, 6.07) is 6.58. The SMILES string of the molecule is CCc1ccc2nc(NCCCN3CCOCC3)n(CC)c2c1. The molecule has 5 nitrogen and oxygen atoms in total. The number of hydrogen-bond donors (Lipinski definition) is 1. The van der Waals surface area contributed by atoms with Crippen LogP contribution in [0.1, 0.15) is 25.8 Å². The van der Waals surface area contributed by atoms with Crippen molar-refractivity contribution in [3.05, 3.63) is 23.8 Å². The summed E-state index contributed by atoms with van der Waals surface area (Å²) in [6.45, 7) is 11.3. The number of ether oxygens (including phenoxy) is 1. The first-order valence-electron chi connectivity index (χ1n) is 8.85. The van der Waals surface area contributed by atoms with E-state index in [0.29, 0.717) is 0 Å². The lowest BCUT2D eigenvalue weighted by molar-refractivity contribution is 0.0378. The Balaban J connectivity index is 1.60. The molecule has 0 radical (unpaired) electrons. The van der Waals surface area contributed by atoms with Crippen molar-refractivity contribution in [2.24, 2.45) is 0 Å².